The average Bonchev–Trinajstić information content (AvgIpc) is 3.09. The predicted octanol–water partition coefficient (Wildman–Crippen LogP) is 3.82. The van der Waals surface area contributed by atoms with Crippen molar-refractivity contribution in [2.45, 2.75) is 23.8 Å². The molecule has 26 heavy (non-hydrogen) atoms. The van der Waals surface area contributed by atoms with E-state index in [0.717, 1.165) is 12.0 Å². The fourth-order valence-corrected chi connectivity index (χ4v) is 4.96. The number of halogens is 1. The first-order valence-electron chi connectivity index (χ1n) is 8.48. The van der Waals surface area contributed by atoms with E-state index in [0.29, 0.717) is 22.9 Å². The van der Waals surface area contributed by atoms with Gasteiger partial charge in [0.05, 0.1) is 10.6 Å². The molecule has 0 unspecified atom stereocenters. The van der Waals surface area contributed by atoms with Crippen LogP contribution in [0.3, 0.4) is 0 Å². The maximum Gasteiger partial charge on any atom is 0.246 e. The van der Waals surface area contributed by atoms with Gasteiger partial charge in [-0.1, -0.05) is 48.0 Å². The van der Waals surface area contributed by atoms with Crippen LogP contribution in [0.15, 0.2) is 65.6 Å². The smallest absolute Gasteiger partial charge is 0.246 e. The molecule has 1 saturated heterocycles. The Kier molecular flexibility index (Phi) is 5.79. The van der Waals surface area contributed by atoms with Crippen LogP contribution in [-0.4, -0.2) is 37.6 Å². The van der Waals surface area contributed by atoms with Crippen molar-refractivity contribution in [3.63, 3.8) is 0 Å². The Labute approximate surface area is 159 Å². The van der Waals surface area contributed by atoms with Gasteiger partial charge in [-0.05, 0) is 42.7 Å². The number of nitrogens with zero attached hydrogens (tertiary/aromatic N) is 1. The quantitative estimate of drug-likeness (QED) is 0.730. The molecule has 2 aromatic carbocycles. The second-order valence-corrected chi connectivity index (χ2v) is 8.72. The Balaban J connectivity index is 1.72. The highest BCUT2D eigenvalue weighted by Crippen LogP contribution is 2.23. The number of benzene rings is 2. The minimum absolute atomic E-state index is 0.0529. The Morgan fingerprint density at radius 3 is 2.54 bits per heavy atom. The zero-order valence-corrected chi connectivity index (χ0v) is 15.8. The first-order valence-corrected chi connectivity index (χ1v) is 10.5. The first kappa shape index (κ1) is 18.7. The molecule has 0 spiro atoms. The van der Waals surface area contributed by atoms with Crippen molar-refractivity contribution in [2.24, 2.45) is 0 Å². The van der Waals surface area contributed by atoms with Crippen molar-refractivity contribution in [3.05, 3.63) is 71.3 Å². The van der Waals surface area contributed by atoms with Gasteiger partial charge in [-0.2, -0.15) is 0 Å². The van der Waals surface area contributed by atoms with E-state index in [1.54, 1.807) is 47.4 Å². The van der Waals surface area contributed by atoms with Gasteiger partial charge in [-0.15, -0.1) is 0 Å². The lowest BCUT2D eigenvalue weighted by molar-refractivity contribution is -0.126. The van der Waals surface area contributed by atoms with Gasteiger partial charge in [0, 0.05) is 23.7 Å². The second kappa shape index (κ2) is 8.06. The summed E-state index contributed by atoms with van der Waals surface area (Å²) >= 11 is 6.10. The second-order valence-electron chi connectivity index (χ2n) is 6.28. The van der Waals surface area contributed by atoms with Crippen LogP contribution in [0.5, 0.6) is 0 Å². The highest BCUT2D eigenvalue weighted by Gasteiger charge is 2.32. The molecule has 6 heteroatoms. The Morgan fingerprint density at radius 1 is 1.12 bits per heavy atom. The molecule has 0 bridgehead atoms. The molecule has 1 aliphatic rings. The summed E-state index contributed by atoms with van der Waals surface area (Å²) in [4.78, 5) is 14.5. The van der Waals surface area contributed by atoms with Crippen LogP contribution in [-0.2, 0) is 14.6 Å². The van der Waals surface area contributed by atoms with Gasteiger partial charge >= 0.3 is 0 Å². The molecule has 0 saturated carbocycles. The zero-order valence-electron chi connectivity index (χ0n) is 14.2. The highest BCUT2D eigenvalue weighted by molar-refractivity contribution is 7.91. The third-order valence-corrected chi connectivity index (χ3v) is 6.64. The van der Waals surface area contributed by atoms with Crippen molar-refractivity contribution in [3.8, 4) is 0 Å². The molecule has 0 aromatic heterocycles. The largest absolute Gasteiger partial charge is 0.335 e. The third-order valence-electron chi connectivity index (χ3n) is 4.49. The fourth-order valence-electron chi connectivity index (χ4n) is 3.14. The van der Waals surface area contributed by atoms with Crippen LogP contribution < -0.4 is 0 Å². The van der Waals surface area contributed by atoms with E-state index < -0.39 is 9.84 Å². The van der Waals surface area contributed by atoms with Crippen molar-refractivity contribution in [1.29, 1.82) is 0 Å². The van der Waals surface area contributed by atoms with Gasteiger partial charge in [0.15, 0.2) is 9.84 Å². The molecule has 1 fully saturated rings. The maximum atomic E-state index is 12.6. The normalized spacial score (nSPS) is 17.7. The van der Waals surface area contributed by atoms with E-state index in [-0.39, 0.29) is 17.7 Å². The summed E-state index contributed by atoms with van der Waals surface area (Å²) in [7, 11) is -3.42. The fraction of sp³-hybridized carbons (Fsp3) is 0.250. The first-order chi connectivity index (χ1) is 12.5. The van der Waals surface area contributed by atoms with Crippen LogP contribution in [0.1, 0.15) is 18.4 Å². The maximum absolute atomic E-state index is 12.6. The van der Waals surface area contributed by atoms with Crippen molar-refractivity contribution in [2.75, 3.05) is 12.3 Å². The lowest BCUT2D eigenvalue weighted by Crippen LogP contribution is -2.38. The van der Waals surface area contributed by atoms with Crippen molar-refractivity contribution < 1.29 is 13.2 Å². The summed E-state index contributed by atoms with van der Waals surface area (Å²) in [6.45, 7) is 0.570. The van der Waals surface area contributed by atoms with Crippen molar-refractivity contribution >= 4 is 33.4 Å². The molecule has 0 aliphatic carbocycles. The van der Waals surface area contributed by atoms with E-state index >= 15 is 0 Å². The summed E-state index contributed by atoms with van der Waals surface area (Å²) in [6, 6.07) is 15.3. The van der Waals surface area contributed by atoms with Gasteiger partial charge in [0.2, 0.25) is 5.91 Å². The summed E-state index contributed by atoms with van der Waals surface area (Å²) in [5.74, 6) is -0.237. The van der Waals surface area contributed by atoms with E-state index in [9.17, 15) is 13.2 Å². The third kappa shape index (κ3) is 4.34. The average molecular weight is 390 g/mol. The monoisotopic (exact) mass is 389 g/mol. The van der Waals surface area contributed by atoms with Gasteiger partial charge in [-0.3, -0.25) is 4.79 Å². The standard InChI is InChI=1S/C20H20ClNO3S/c21-19-11-5-4-7-16(19)12-13-20(23)22-14-6-8-17(22)15-26(24,25)18-9-2-1-3-10-18/h1-5,7,9-13,17H,6,8,14-15H2/b13-12+/t17-/m1/s1. The van der Waals surface area contributed by atoms with E-state index in [4.69, 9.17) is 11.6 Å². The number of likely N-dealkylation sites (tertiary alicyclic amines) is 1. The van der Waals surface area contributed by atoms with E-state index in [1.165, 1.54) is 6.08 Å². The predicted molar refractivity (Wildman–Crippen MR) is 104 cm³/mol. The van der Waals surface area contributed by atoms with Gasteiger partial charge in [0.1, 0.15) is 0 Å². The van der Waals surface area contributed by atoms with Crippen molar-refractivity contribution in [1.82, 2.24) is 4.90 Å². The van der Waals surface area contributed by atoms with Gasteiger partial charge in [-0.25, -0.2) is 8.42 Å². The molecular weight excluding hydrogens is 370 g/mol. The summed E-state index contributed by atoms with van der Waals surface area (Å²) in [5.41, 5.74) is 0.759. The highest BCUT2D eigenvalue weighted by atomic mass is 35.5. The molecule has 0 radical (unpaired) electrons. The minimum atomic E-state index is -3.42. The lowest BCUT2D eigenvalue weighted by atomic mass is 10.2. The minimum Gasteiger partial charge on any atom is -0.335 e. The lowest BCUT2D eigenvalue weighted by Gasteiger charge is -2.23. The van der Waals surface area contributed by atoms with Crippen LogP contribution in [0.2, 0.25) is 5.02 Å². The number of sulfone groups is 1. The molecule has 1 amide bonds. The molecule has 0 N–H and O–H groups in total. The number of hydrogen-bond donors (Lipinski definition) is 0. The Hall–Kier alpha value is -2.11. The summed E-state index contributed by atoms with van der Waals surface area (Å²) in [5, 5.41) is 0.571. The van der Waals surface area contributed by atoms with E-state index in [2.05, 4.69) is 0 Å². The van der Waals surface area contributed by atoms with Crippen LogP contribution in [0.4, 0.5) is 0 Å². The summed E-state index contributed by atoms with van der Waals surface area (Å²) in [6.07, 6.45) is 4.64. The van der Waals surface area contributed by atoms with Crippen LogP contribution in [0.25, 0.3) is 6.08 Å². The molecule has 2 aromatic rings. The molecule has 1 heterocycles. The molecule has 136 valence electrons. The zero-order chi connectivity index (χ0) is 18.6. The molecule has 3 rings (SSSR count). The van der Waals surface area contributed by atoms with E-state index in [1.807, 2.05) is 18.2 Å². The Bertz CT molecular complexity index is 910. The topological polar surface area (TPSA) is 54.5 Å². The molecule has 1 aliphatic heterocycles. The Morgan fingerprint density at radius 2 is 1.81 bits per heavy atom. The van der Waals surface area contributed by atoms with Crippen LogP contribution in [0, 0.1) is 0 Å². The summed E-state index contributed by atoms with van der Waals surface area (Å²) < 4.78 is 25.2. The van der Waals surface area contributed by atoms with Gasteiger partial charge in [0.25, 0.3) is 0 Å². The molecular formula is C20H20ClNO3S. The SMILES string of the molecule is O=C(/C=C/c1ccccc1Cl)N1CCC[C@@H]1CS(=O)(=O)c1ccccc1. The molecule has 1 atom stereocenters. The number of rotatable bonds is 5. The number of amides is 1. The number of hydrogen-bond acceptors (Lipinski definition) is 3. The molecule has 4 nitrogen and oxygen atoms in total. The number of carbonyl (C=O) groups excluding carboxylic acids is 1. The van der Waals surface area contributed by atoms with Crippen LogP contribution >= 0.6 is 11.6 Å². The van der Waals surface area contributed by atoms with Gasteiger partial charge < -0.3 is 4.90 Å². The number of carbonyl (C=O) groups is 1.